The fourth-order valence-corrected chi connectivity index (χ4v) is 5.57. The fourth-order valence-electron chi connectivity index (χ4n) is 5.14. The van der Waals surface area contributed by atoms with Gasteiger partial charge in [0.1, 0.15) is 22.7 Å². The maximum Gasteiger partial charge on any atom is 0.255 e. The number of carbonyl (C=O) groups is 1. The number of fused-ring (bicyclic) bond motifs is 2. The average molecular weight is 652 g/mol. The van der Waals surface area contributed by atoms with Crippen LogP contribution in [0.1, 0.15) is 15.9 Å². The van der Waals surface area contributed by atoms with Gasteiger partial charge >= 0.3 is 0 Å². The molecule has 4 N–H and O–H groups in total. The van der Waals surface area contributed by atoms with Crippen LogP contribution >= 0.6 is 0 Å². The summed E-state index contributed by atoms with van der Waals surface area (Å²) in [5.74, 6) is -1.40. The summed E-state index contributed by atoms with van der Waals surface area (Å²) in [5, 5.41) is 9.97. The maximum atomic E-state index is 16.3. The van der Waals surface area contributed by atoms with Gasteiger partial charge in [-0.15, -0.1) is 0 Å². The number of nitrogens with zero attached hydrogens (tertiary/aromatic N) is 5. The number of rotatable bonds is 8. The van der Waals surface area contributed by atoms with Gasteiger partial charge in [0.05, 0.1) is 46.5 Å². The summed E-state index contributed by atoms with van der Waals surface area (Å²) in [4.78, 5) is 33.3. The summed E-state index contributed by atoms with van der Waals surface area (Å²) in [6.07, 6.45) is 6.86. The third-order valence-corrected chi connectivity index (χ3v) is 7.91. The molecular weight excluding hydrogens is 628 g/mol. The molecule has 0 unspecified atom stereocenters. The summed E-state index contributed by atoms with van der Waals surface area (Å²) >= 11 is 0. The fraction of sp³-hybridized carbons (Fsp3) is 0.0625. The molecule has 5 aromatic heterocycles. The Labute approximate surface area is 265 Å². The molecule has 0 bridgehead atoms. The molecule has 1 amide bonds. The standard InChI is InChI=1S/C32H23F2N9O3S/c1-47(45,46)38-13-17-9-19(11-21(33)10-17)28-29-23(7-8-36-28)40-31(41-29)30-25-24(42-43-30)16-37-27(26(25)34)20-12-22(15-35-14-20)39-32(44)18-5-3-2-4-6-18/h2-12,14-16,38H,13H2,1H3,(H,39,44)(H,40,41)(H,42,43). The number of H-pyrrole nitrogens is 2. The van der Waals surface area contributed by atoms with Crippen LogP contribution in [0.4, 0.5) is 14.5 Å². The Morgan fingerprint density at radius 2 is 1.72 bits per heavy atom. The number of amides is 1. The maximum absolute atomic E-state index is 16.3. The first-order valence-corrected chi connectivity index (χ1v) is 16.0. The van der Waals surface area contributed by atoms with E-state index in [1.54, 1.807) is 48.5 Å². The van der Waals surface area contributed by atoms with Crippen molar-refractivity contribution in [1.29, 1.82) is 0 Å². The monoisotopic (exact) mass is 651 g/mol. The normalized spacial score (nSPS) is 11.7. The molecule has 234 valence electrons. The van der Waals surface area contributed by atoms with Crippen LogP contribution < -0.4 is 10.0 Å². The number of pyridine rings is 3. The van der Waals surface area contributed by atoms with Gasteiger partial charge in [0.25, 0.3) is 5.91 Å². The smallest absolute Gasteiger partial charge is 0.255 e. The van der Waals surface area contributed by atoms with E-state index in [1.807, 2.05) is 0 Å². The summed E-state index contributed by atoms with van der Waals surface area (Å²) in [5.41, 5.74) is 3.59. The molecular formula is C32H23F2N9O3S. The van der Waals surface area contributed by atoms with Crippen LogP contribution in [0.2, 0.25) is 0 Å². The molecule has 0 aliphatic carbocycles. The Morgan fingerprint density at radius 3 is 2.53 bits per heavy atom. The van der Waals surface area contributed by atoms with Gasteiger partial charge in [-0.2, -0.15) is 5.10 Å². The number of benzene rings is 2. The zero-order valence-corrected chi connectivity index (χ0v) is 25.2. The first kappa shape index (κ1) is 29.8. The highest BCUT2D eigenvalue weighted by molar-refractivity contribution is 7.88. The Kier molecular flexibility index (Phi) is 7.46. The van der Waals surface area contributed by atoms with Crippen molar-refractivity contribution >= 4 is 43.6 Å². The SMILES string of the molecule is CS(=O)(=O)NCc1cc(F)cc(-c2nccc3[nH]c(-c4n[nH]c5cnc(-c6cncc(NC(=O)c7ccccc7)c6)c(F)c45)nc23)c1. The van der Waals surface area contributed by atoms with Crippen LogP contribution in [0.5, 0.6) is 0 Å². The molecule has 2 aromatic carbocycles. The highest BCUT2D eigenvalue weighted by Gasteiger charge is 2.22. The number of aromatic amines is 2. The Bertz CT molecular complexity index is 2430. The van der Waals surface area contributed by atoms with Gasteiger partial charge in [-0.3, -0.25) is 24.8 Å². The van der Waals surface area contributed by atoms with Crippen LogP contribution in [0.3, 0.4) is 0 Å². The molecule has 5 heterocycles. The number of carbonyl (C=O) groups excluding carboxylic acids is 1. The Hall–Kier alpha value is -5.93. The Balaban J connectivity index is 1.25. The van der Waals surface area contributed by atoms with E-state index in [9.17, 15) is 17.6 Å². The lowest BCUT2D eigenvalue weighted by molar-refractivity contribution is 0.102. The van der Waals surface area contributed by atoms with Crippen LogP contribution in [0, 0.1) is 11.6 Å². The van der Waals surface area contributed by atoms with E-state index < -0.39 is 21.7 Å². The highest BCUT2D eigenvalue weighted by Crippen LogP contribution is 2.34. The molecule has 7 aromatic rings. The molecule has 0 fully saturated rings. The van der Waals surface area contributed by atoms with Gasteiger partial charge in [-0.05, 0) is 48.0 Å². The molecule has 0 radical (unpaired) electrons. The van der Waals surface area contributed by atoms with Gasteiger partial charge in [0.15, 0.2) is 11.6 Å². The highest BCUT2D eigenvalue weighted by atomic mass is 32.2. The van der Waals surface area contributed by atoms with Gasteiger partial charge in [0.2, 0.25) is 10.0 Å². The number of anilines is 1. The minimum atomic E-state index is -3.50. The molecule has 0 aliphatic rings. The molecule has 15 heteroatoms. The average Bonchev–Trinajstić information content (AvgIpc) is 3.69. The van der Waals surface area contributed by atoms with E-state index in [2.05, 4.69) is 45.2 Å². The lowest BCUT2D eigenvalue weighted by Crippen LogP contribution is -2.21. The molecule has 47 heavy (non-hydrogen) atoms. The van der Waals surface area contributed by atoms with Crippen molar-refractivity contribution in [1.82, 2.24) is 39.8 Å². The third kappa shape index (κ3) is 6.04. The van der Waals surface area contributed by atoms with E-state index in [0.717, 1.165) is 6.26 Å². The molecule has 0 saturated carbocycles. The number of hydrogen-bond donors (Lipinski definition) is 4. The number of sulfonamides is 1. The van der Waals surface area contributed by atoms with E-state index in [-0.39, 0.29) is 35.1 Å². The van der Waals surface area contributed by atoms with Gasteiger partial charge in [-0.25, -0.2) is 26.9 Å². The quantitative estimate of drug-likeness (QED) is 0.174. The van der Waals surface area contributed by atoms with Crippen molar-refractivity contribution in [3.63, 3.8) is 0 Å². The first-order valence-electron chi connectivity index (χ1n) is 14.1. The van der Waals surface area contributed by atoms with E-state index >= 15 is 4.39 Å². The van der Waals surface area contributed by atoms with E-state index in [4.69, 9.17) is 0 Å². The first-order chi connectivity index (χ1) is 22.6. The molecule has 0 atom stereocenters. The van der Waals surface area contributed by atoms with Gasteiger partial charge < -0.3 is 10.3 Å². The summed E-state index contributed by atoms with van der Waals surface area (Å²) in [6.45, 7) is -0.113. The molecule has 12 nitrogen and oxygen atoms in total. The molecule has 7 rings (SSSR count). The van der Waals surface area contributed by atoms with Crippen molar-refractivity contribution in [2.75, 3.05) is 11.6 Å². The predicted molar refractivity (Wildman–Crippen MR) is 171 cm³/mol. The minimum Gasteiger partial charge on any atom is -0.336 e. The van der Waals surface area contributed by atoms with Crippen molar-refractivity contribution in [3.8, 4) is 34.0 Å². The zero-order chi connectivity index (χ0) is 32.7. The number of aromatic nitrogens is 7. The summed E-state index contributed by atoms with van der Waals surface area (Å²) < 4.78 is 56.3. The molecule has 0 aliphatic heterocycles. The zero-order valence-electron chi connectivity index (χ0n) is 24.4. The second-order valence-electron chi connectivity index (χ2n) is 10.6. The van der Waals surface area contributed by atoms with Gasteiger partial charge in [0, 0.05) is 35.6 Å². The van der Waals surface area contributed by atoms with Crippen LogP contribution in [0.15, 0.2) is 85.5 Å². The number of hydrogen-bond acceptors (Lipinski definition) is 8. The summed E-state index contributed by atoms with van der Waals surface area (Å²) in [6, 6.07) is 16.0. The van der Waals surface area contributed by atoms with Crippen molar-refractivity contribution in [2.24, 2.45) is 0 Å². The van der Waals surface area contributed by atoms with E-state index in [1.165, 1.54) is 36.9 Å². The van der Waals surface area contributed by atoms with Gasteiger partial charge in [-0.1, -0.05) is 18.2 Å². The van der Waals surface area contributed by atoms with Crippen LogP contribution in [-0.2, 0) is 16.6 Å². The second kappa shape index (κ2) is 11.8. The van der Waals surface area contributed by atoms with Crippen LogP contribution in [0.25, 0.3) is 56.0 Å². The van der Waals surface area contributed by atoms with Crippen molar-refractivity contribution < 1.29 is 22.0 Å². The molecule has 0 spiro atoms. The Morgan fingerprint density at radius 1 is 0.894 bits per heavy atom. The van der Waals surface area contributed by atoms with Crippen molar-refractivity contribution in [2.45, 2.75) is 6.54 Å². The van der Waals surface area contributed by atoms with E-state index in [0.29, 0.717) is 50.2 Å². The number of halogens is 2. The lowest BCUT2D eigenvalue weighted by atomic mass is 10.1. The lowest BCUT2D eigenvalue weighted by Gasteiger charge is -2.08. The predicted octanol–water partition coefficient (Wildman–Crippen LogP) is 5.20. The third-order valence-electron chi connectivity index (χ3n) is 7.24. The molecule has 0 saturated heterocycles. The largest absolute Gasteiger partial charge is 0.336 e. The second-order valence-corrected chi connectivity index (χ2v) is 12.5. The van der Waals surface area contributed by atoms with Crippen LogP contribution in [-0.4, -0.2) is 55.7 Å². The minimum absolute atomic E-state index is 0.0167. The summed E-state index contributed by atoms with van der Waals surface area (Å²) in [7, 11) is -3.50. The number of nitrogens with one attached hydrogen (secondary N) is 4. The topological polar surface area (TPSA) is 171 Å². The number of imidazole rings is 1. The van der Waals surface area contributed by atoms with Crippen molar-refractivity contribution in [3.05, 3.63) is 108 Å².